The lowest BCUT2D eigenvalue weighted by atomic mass is 9.96. The molecule has 23 N–H and O–H groups in total. The minimum atomic E-state index is -2.16. The summed E-state index contributed by atoms with van der Waals surface area (Å²) in [5.74, 6) is 0. The van der Waals surface area contributed by atoms with Crippen molar-refractivity contribution in [1.82, 2.24) is 0 Å². The molecular formula is C42H72O36. The Morgan fingerprint density at radius 3 is 0.769 bits per heavy atom. The zero-order valence-electron chi connectivity index (χ0n) is 40.8. The van der Waals surface area contributed by atoms with Crippen LogP contribution in [-0.4, -0.2) is 379 Å². The van der Waals surface area contributed by atoms with Gasteiger partial charge >= 0.3 is 0 Å². The molecule has 36 heteroatoms. The molecule has 456 valence electrons. The van der Waals surface area contributed by atoms with E-state index in [0.717, 1.165) is 0 Å². The number of hydrogen-bond acceptors (Lipinski definition) is 36. The Hall–Kier alpha value is -1.44. The number of hydrogen-bond donors (Lipinski definition) is 23. The summed E-state index contributed by atoms with van der Waals surface area (Å²) in [6.07, 6.45) is -67.5. The highest BCUT2D eigenvalue weighted by Crippen LogP contribution is 2.35. The van der Waals surface area contributed by atoms with Crippen LogP contribution in [0.15, 0.2) is 0 Å². The van der Waals surface area contributed by atoms with Gasteiger partial charge in [-0.05, 0) is 0 Å². The van der Waals surface area contributed by atoms with Crippen LogP contribution >= 0.6 is 0 Å². The average molecular weight is 1150 g/mol. The highest BCUT2D eigenvalue weighted by atomic mass is 16.8. The van der Waals surface area contributed by atoms with E-state index in [-0.39, 0.29) is 0 Å². The summed E-state index contributed by atoms with van der Waals surface area (Å²) in [6, 6.07) is 0. The Balaban J connectivity index is 1.06. The largest absolute Gasteiger partial charge is 0.394 e. The number of rotatable bonds is 19. The van der Waals surface area contributed by atoms with Crippen LogP contribution in [0.4, 0.5) is 0 Å². The fraction of sp³-hybridized carbons (Fsp3) is 1.00. The first-order chi connectivity index (χ1) is 36.8. The lowest BCUT2D eigenvalue weighted by Crippen LogP contribution is -2.66. The van der Waals surface area contributed by atoms with Crippen LogP contribution in [0.5, 0.6) is 0 Å². The third-order valence-electron chi connectivity index (χ3n) is 14.5. The predicted octanol–water partition coefficient (Wildman–Crippen LogP) is -16.3. The molecule has 0 aromatic carbocycles. The van der Waals surface area contributed by atoms with Gasteiger partial charge in [0.25, 0.3) is 0 Å². The van der Waals surface area contributed by atoms with Gasteiger partial charge in [-0.25, -0.2) is 0 Å². The van der Waals surface area contributed by atoms with E-state index in [9.17, 15) is 117 Å². The zero-order valence-corrected chi connectivity index (χ0v) is 40.8. The Bertz CT molecular complexity index is 1810. The molecular weight excluding hydrogens is 1080 g/mol. The van der Waals surface area contributed by atoms with Crippen molar-refractivity contribution in [2.75, 3.05) is 46.2 Å². The van der Waals surface area contributed by atoms with E-state index >= 15 is 0 Å². The predicted molar refractivity (Wildman–Crippen MR) is 232 cm³/mol. The molecule has 78 heavy (non-hydrogen) atoms. The molecule has 7 saturated heterocycles. The molecule has 0 amide bonds. The van der Waals surface area contributed by atoms with E-state index < -0.39 is 261 Å². The second-order valence-electron chi connectivity index (χ2n) is 19.7. The van der Waals surface area contributed by atoms with Crippen molar-refractivity contribution < 1.29 is 179 Å². The third-order valence-corrected chi connectivity index (χ3v) is 14.5. The van der Waals surface area contributed by atoms with Gasteiger partial charge in [0, 0.05) is 0 Å². The molecule has 0 radical (unpaired) electrons. The topological polar surface area (TPSA) is 585 Å². The van der Waals surface area contributed by atoms with Crippen molar-refractivity contribution in [3.8, 4) is 0 Å². The Labute approximate surface area is 439 Å². The van der Waals surface area contributed by atoms with Gasteiger partial charge in [-0.1, -0.05) is 0 Å². The summed E-state index contributed by atoms with van der Waals surface area (Å²) < 4.78 is 72.2. The van der Waals surface area contributed by atoms with E-state index in [0.29, 0.717) is 0 Å². The van der Waals surface area contributed by atoms with Crippen molar-refractivity contribution >= 4 is 0 Å². The summed E-state index contributed by atoms with van der Waals surface area (Å²) in [5, 5.41) is 242. The van der Waals surface area contributed by atoms with Crippen LogP contribution in [-0.2, 0) is 61.6 Å². The van der Waals surface area contributed by atoms with E-state index in [1.807, 2.05) is 0 Å². The highest BCUT2D eigenvalue weighted by Gasteiger charge is 2.56. The van der Waals surface area contributed by atoms with Crippen LogP contribution in [0.3, 0.4) is 0 Å². The molecule has 0 aromatic rings. The minimum Gasteiger partial charge on any atom is -0.394 e. The maximum Gasteiger partial charge on any atom is 0.187 e. The Kier molecular flexibility index (Phi) is 22.6. The molecule has 1 unspecified atom stereocenters. The van der Waals surface area contributed by atoms with Gasteiger partial charge in [-0.15, -0.1) is 0 Å². The van der Waals surface area contributed by atoms with Gasteiger partial charge in [-0.2, -0.15) is 0 Å². The van der Waals surface area contributed by atoms with Crippen molar-refractivity contribution in [2.45, 2.75) is 215 Å². The fourth-order valence-corrected chi connectivity index (χ4v) is 9.57. The zero-order chi connectivity index (χ0) is 57.3. The van der Waals surface area contributed by atoms with Crippen LogP contribution < -0.4 is 0 Å². The van der Waals surface area contributed by atoms with E-state index in [1.54, 1.807) is 0 Å². The molecule has 0 aromatic heterocycles. The maximum atomic E-state index is 11.5. The van der Waals surface area contributed by atoms with Gasteiger partial charge in [-0.3, -0.25) is 0 Å². The molecule has 7 fully saturated rings. The summed E-state index contributed by atoms with van der Waals surface area (Å²) >= 11 is 0. The third kappa shape index (κ3) is 13.5. The van der Waals surface area contributed by atoms with Crippen LogP contribution in [0.25, 0.3) is 0 Å². The fourth-order valence-electron chi connectivity index (χ4n) is 9.57. The van der Waals surface area contributed by atoms with Crippen LogP contribution in [0.1, 0.15) is 0 Å². The molecule has 35 atom stereocenters. The maximum absolute atomic E-state index is 11.5. The number of aliphatic hydroxyl groups excluding tert-OH is 23. The number of ether oxygens (including phenoxy) is 13. The highest BCUT2D eigenvalue weighted by molar-refractivity contribution is 4.99. The van der Waals surface area contributed by atoms with Gasteiger partial charge in [0.1, 0.15) is 171 Å². The SMILES string of the molecule is OC[C@H]1O[C@@H](OC[C@H]2O[C@@H](OC[C@H]3O[C@@H](OC[C@H]4O[C@@H](OC[C@H]5OC(O)[C@H](O)[C@@H](O)[C@@H]5O)[C@H](O)[C@@H](O[C@@H]5O[C@H](CO)[C@@H](O)[C@H](O)[C@H]5O)[C@@H]4O)[C@H](O)[C@@H](O)[C@@H]3O)[C@H](O)[C@@H](O[C@@H]3O[C@H](CO)[C@@H](O)[C@H](O)[C@H]3O)[C@@H]2O)[C@H](O)[C@@H](O)[C@H]1O. The first-order valence-corrected chi connectivity index (χ1v) is 24.6. The second kappa shape index (κ2) is 27.5. The second-order valence-corrected chi connectivity index (χ2v) is 19.7. The molecule has 0 bridgehead atoms. The standard InChI is InChI=1S/C42H72O36/c43-1-8-15(46)23(54)28(59)37(71-8)66-6-13-20(51)35(78-42-31(62)25(56)17(48)10(3-45)73-42)33(64)40(76-13)69-5-12-19(50)26(57)29(60)38(74-12)67-7-14-21(52)34(77-41-30(61)24(55)16(47)9(2-44)72-41)32(63)39(75-14)68-4-11-18(49)22(53)27(58)36(65)70-11/h8-65H,1-7H2/t8-,9-,10-,11-,12-,13-,14-,15+,16-,17-,18-,19-,20-,21-,22+,23+,24+,25+,26+,27-,28-,29-,30-,31-,32-,33-,34+,35+,36?,37-,38-,39-,40-,41+,42+/m1/s1. The van der Waals surface area contributed by atoms with Gasteiger partial charge < -0.3 is 179 Å². The minimum absolute atomic E-state index is 0.832. The first-order valence-electron chi connectivity index (χ1n) is 24.6. The normalized spacial score (nSPS) is 53.5. The lowest BCUT2D eigenvalue weighted by Gasteiger charge is -2.47. The molecule has 7 aliphatic heterocycles. The van der Waals surface area contributed by atoms with Crippen molar-refractivity contribution in [3.05, 3.63) is 0 Å². The quantitative estimate of drug-likeness (QED) is 0.0571. The van der Waals surface area contributed by atoms with E-state index in [1.165, 1.54) is 0 Å². The molecule has 7 rings (SSSR count). The van der Waals surface area contributed by atoms with Gasteiger partial charge in [0.05, 0.1) is 46.2 Å². The van der Waals surface area contributed by atoms with E-state index in [4.69, 9.17) is 61.6 Å². The van der Waals surface area contributed by atoms with Gasteiger partial charge in [0.15, 0.2) is 44.0 Å². The van der Waals surface area contributed by atoms with Gasteiger partial charge in [0.2, 0.25) is 0 Å². The van der Waals surface area contributed by atoms with E-state index in [2.05, 4.69) is 0 Å². The van der Waals surface area contributed by atoms with Crippen molar-refractivity contribution in [3.63, 3.8) is 0 Å². The Morgan fingerprint density at radius 2 is 0.449 bits per heavy atom. The molecule has 0 saturated carbocycles. The summed E-state index contributed by atoms with van der Waals surface area (Å²) in [5.41, 5.74) is 0. The molecule has 36 nitrogen and oxygen atoms in total. The summed E-state index contributed by atoms with van der Waals surface area (Å²) in [6.45, 7) is -6.25. The van der Waals surface area contributed by atoms with Crippen molar-refractivity contribution in [1.29, 1.82) is 0 Å². The number of aliphatic hydroxyl groups is 23. The smallest absolute Gasteiger partial charge is 0.187 e. The lowest BCUT2D eigenvalue weighted by molar-refractivity contribution is -0.375. The average Bonchev–Trinajstić information content (AvgIpc) is 3.49. The monoisotopic (exact) mass is 1150 g/mol. The van der Waals surface area contributed by atoms with Crippen molar-refractivity contribution in [2.24, 2.45) is 0 Å². The first kappa shape index (κ1) is 64.1. The van der Waals surface area contributed by atoms with Crippen LogP contribution in [0.2, 0.25) is 0 Å². The molecule has 0 spiro atoms. The molecule has 0 aliphatic carbocycles. The van der Waals surface area contributed by atoms with Crippen LogP contribution in [0, 0.1) is 0 Å². The summed E-state index contributed by atoms with van der Waals surface area (Å²) in [7, 11) is 0. The molecule has 7 aliphatic rings. The Morgan fingerprint density at radius 1 is 0.218 bits per heavy atom. The molecule has 7 heterocycles. The summed E-state index contributed by atoms with van der Waals surface area (Å²) in [4.78, 5) is 0.